The molecule has 21 heavy (non-hydrogen) atoms. The molecule has 2 aromatic rings. The smallest absolute Gasteiger partial charge is 0.161 e. The summed E-state index contributed by atoms with van der Waals surface area (Å²) in [5.41, 5.74) is 2.22. The second-order valence-corrected chi connectivity index (χ2v) is 4.67. The molecule has 1 unspecified atom stereocenters. The van der Waals surface area contributed by atoms with Gasteiger partial charge in [-0.1, -0.05) is 6.07 Å². The number of nitrogens with one attached hydrogen (secondary N) is 1. The molecule has 1 N–H and O–H groups in total. The standard InChI is InChI=1S/C16H23N3O2/c1-5-20-14-8-7-12(11-15(14)21-6-2)16(17-3)13-9-10-18-19(13)4/h7-11,16-17H,5-6H2,1-4H3. The molecule has 5 nitrogen and oxygen atoms in total. The zero-order chi connectivity index (χ0) is 15.2. The van der Waals surface area contributed by atoms with Crippen LogP contribution in [0.3, 0.4) is 0 Å². The third-order valence-corrected chi connectivity index (χ3v) is 3.34. The molecule has 0 bridgehead atoms. The van der Waals surface area contributed by atoms with Gasteiger partial charge in [0, 0.05) is 13.2 Å². The fraction of sp³-hybridized carbons (Fsp3) is 0.438. The third-order valence-electron chi connectivity index (χ3n) is 3.34. The Morgan fingerprint density at radius 2 is 1.86 bits per heavy atom. The Hall–Kier alpha value is -2.01. The summed E-state index contributed by atoms with van der Waals surface area (Å²) in [5.74, 6) is 1.56. The van der Waals surface area contributed by atoms with E-state index in [9.17, 15) is 0 Å². The quantitative estimate of drug-likeness (QED) is 0.851. The van der Waals surface area contributed by atoms with Crippen molar-refractivity contribution in [3.8, 4) is 11.5 Å². The number of benzene rings is 1. The Labute approximate surface area is 125 Å². The molecule has 0 saturated heterocycles. The number of rotatable bonds is 7. The van der Waals surface area contributed by atoms with E-state index in [-0.39, 0.29) is 6.04 Å². The van der Waals surface area contributed by atoms with Crippen LogP contribution >= 0.6 is 0 Å². The maximum atomic E-state index is 5.70. The molecule has 0 fully saturated rings. The van der Waals surface area contributed by atoms with Gasteiger partial charge in [0.15, 0.2) is 11.5 Å². The summed E-state index contributed by atoms with van der Waals surface area (Å²) in [6.07, 6.45) is 1.80. The Morgan fingerprint density at radius 3 is 2.43 bits per heavy atom. The molecule has 0 amide bonds. The van der Waals surface area contributed by atoms with Crippen molar-refractivity contribution in [2.75, 3.05) is 20.3 Å². The van der Waals surface area contributed by atoms with Crippen molar-refractivity contribution >= 4 is 0 Å². The summed E-state index contributed by atoms with van der Waals surface area (Å²) < 4.78 is 13.2. The molecule has 114 valence electrons. The lowest BCUT2D eigenvalue weighted by Gasteiger charge is -2.19. The molecule has 5 heteroatoms. The monoisotopic (exact) mass is 289 g/mol. The Bertz CT molecular complexity index is 581. The first kappa shape index (κ1) is 15.4. The van der Waals surface area contributed by atoms with Crippen LogP contribution in [0.15, 0.2) is 30.5 Å². The first-order valence-corrected chi connectivity index (χ1v) is 7.25. The van der Waals surface area contributed by atoms with Gasteiger partial charge in [-0.3, -0.25) is 4.68 Å². The minimum atomic E-state index is 0.0624. The van der Waals surface area contributed by atoms with Crippen molar-refractivity contribution in [1.29, 1.82) is 0 Å². The summed E-state index contributed by atoms with van der Waals surface area (Å²) in [5, 5.41) is 7.56. The highest BCUT2D eigenvalue weighted by Crippen LogP contribution is 2.32. The minimum absolute atomic E-state index is 0.0624. The number of nitrogens with zero attached hydrogens (tertiary/aromatic N) is 2. The highest BCUT2D eigenvalue weighted by molar-refractivity contribution is 5.45. The first-order valence-electron chi connectivity index (χ1n) is 7.25. The SMILES string of the molecule is CCOc1ccc(C(NC)c2ccnn2C)cc1OCC. The molecule has 0 aliphatic carbocycles. The first-order chi connectivity index (χ1) is 10.2. The van der Waals surface area contributed by atoms with Gasteiger partial charge in [0.05, 0.1) is 24.9 Å². The van der Waals surface area contributed by atoms with Gasteiger partial charge < -0.3 is 14.8 Å². The number of aryl methyl sites for hydroxylation is 1. The van der Waals surface area contributed by atoms with Gasteiger partial charge in [0.25, 0.3) is 0 Å². The zero-order valence-corrected chi connectivity index (χ0v) is 13.1. The van der Waals surface area contributed by atoms with Gasteiger partial charge in [-0.25, -0.2) is 0 Å². The summed E-state index contributed by atoms with van der Waals surface area (Å²) in [6.45, 7) is 5.17. The van der Waals surface area contributed by atoms with Gasteiger partial charge in [-0.2, -0.15) is 5.10 Å². The largest absolute Gasteiger partial charge is 0.490 e. The van der Waals surface area contributed by atoms with Gasteiger partial charge in [-0.15, -0.1) is 0 Å². The van der Waals surface area contributed by atoms with E-state index in [1.165, 1.54) is 0 Å². The molecule has 1 aromatic heterocycles. The maximum Gasteiger partial charge on any atom is 0.161 e. The van der Waals surface area contributed by atoms with Crippen molar-refractivity contribution in [3.63, 3.8) is 0 Å². The normalized spacial score (nSPS) is 12.2. The molecule has 2 rings (SSSR count). The lowest BCUT2D eigenvalue weighted by Crippen LogP contribution is -2.20. The average molecular weight is 289 g/mol. The van der Waals surface area contributed by atoms with Crippen molar-refractivity contribution < 1.29 is 9.47 Å². The predicted octanol–water partition coefficient (Wildman–Crippen LogP) is 2.53. The van der Waals surface area contributed by atoms with E-state index in [0.29, 0.717) is 13.2 Å². The fourth-order valence-corrected chi connectivity index (χ4v) is 2.40. The van der Waals surface area contributed by atoms with E-state index in [2.05, 4.69) is 16.5 Å². The van der Waals surface area contributed by atoms with Crippen LogP contribution in [0.2, 0.25) is 0 Å². The molecule has 1 atom stereocenters. The lowest BCUT2D eigenvalue weighted by molar-refractivity contribution is 0.287. The highest BCUT2D eigenvalue weighted by atomic mass is 16.5. The van der Waals surface area contributed by atoms with Crippen LogP contribution in [0.4, 0.5) is 0 Å². The van der Waals surface area contributed by atoms with Crippen molar-refractivity contribution in [3.05, 3.63) is 41.7 Å². The summed E-state index contributed by atoms with van der Waals surface area (Å²) in [7, 11) is 3.88. The van der Waals surface area contributed by atoms with Crippen LogP contribution in [-0.4, -0.2) is 30.0 Å². The van der Waals surface area contributed by atoms with E-state index in [0.717, 1.165) is 22.8 Å². The van der Waals surface area contributed by atoms with E-state index in [1.54, 1.807) is 6.20 Å². The van der Waals surface area contributed by atoms with Crippen LogP contribution in [0.25, 0.3) is 0 Å². The molecule has 1 heterocycles. The van der Waals surface area contributed by atoms with E-state index >= 15 is 0 Å². The van der Waals surface area contributed by atoms with Crippen molar-refractivity contribution in [2.45, 2.75) is 19.9 Å². The van der Waals surface area contributed by atoms with Crippen LogP contribution in [0.1, 0.15) is 31.1 Å². The molecule has 0 aliphatic heterocycles. The Morgan fingerprint density at radius 1 is 1.14 bits per heavy atom. The van der Waals surface area contributed by atoms with Gasteiger partial charge >= 0.3 is 0 Å². The molecule has 0 radical (unpaired) electrons. The molecular weight excluding hydrogens is 266 g/mol. The van der Waals surface area contributed by atoms with Gasteiger partial charge in [0.1, 0.15) is 0 Å². The third kappa shape index (κ3) is 3.36. The molecule has 0 saturated carbocycles. The van der Waals surface area contributed by atoms with Crippen molar-refractivity contribution in [2.24, 2.45) is 7.05 Å². The summed E-state index contributed by atoms with van der Waals surface area (Å²) >= 11 is 0. The average Bonchev–Trinajstić information content (AvgIpc) is 2.89. The van der Waals surface area contributed by atoms with Crippen LogP contribution in [0.5, 0.6) is 11.5 Å². The minimum Gasteiger partial charge on any atom is -0.490 e. The molecular formula is C16H23N3O2. The number of hydrogen-bond acceptors (Lipinski definition) is 4. The lowest BCUT2D eigenvalue weighted by atomic mass is 10.0. The fourth-order valence-electron chi connectivity index (χ4n) is 2.40. The van der Waals surface area contributed by atoms with Gasteiger partial charge in [-0.05, 0) is 44.7 Å². The Kier molecular flexibility index (Phi) is 5.22. The van der Waals surface area contributed by atoms with Gasteiger partial charge in [0.2, 0.25) is 0 Å². The van der Waals surface area contributed by atoms with Crippen LogP contribution in [-0.2, 0) is 7.05 Å². The van der Waals surface area contributed by atoms with Crippen LogP contribution in [0, 0.1) is 0 Å². The second-order valence-electron chi connectivity index (χ2n) is 4.67. The van der Waals surface area contributed by atoms with E-state index in [1.807, 2.05) is 50.8 Å². The highest BCUT2D eigenvalue weighted by Gasteiger charge is 2.17. The maximum absolute atomic E-state index is 5.70. The van der Waals surface area contributed by atoms with Crippen LogP contribution < -0.4 is 14.8 Å². The summed E-state index contributed by atoms with van der Waals surface area (Å²) in [6, 6.07) is 8.12. The summed E-state index contributed by atoms with van der Waals surface area (Å²) in [4.78, 5) is 0. The number of hydrogen-bond donors (Lipinski definition) is 1. The Balaban J connectivity index is 2.38. The molecule has 1 aromatic carbocycles. The van der Waals surface area contributed by atoms with E-state index in [4.69, 9.17) is 9.47 Å². The predicted molar refractivity (Wildman–Crippen MR) is 82.9 cm³/mol. The topological polar surface area (TPSA) is 48.3 Å². The van der Waals surface area contributed by atoms with E-state index < -0.39 is 0 Å². The second kappa shape index (κ2) is 7.13. The number of aromatic nitrogens is 2. The zero-order valence-electron chi connectivity index (χ0n) is 13.1. The van der Waals surface area contributed by atoms with Crippen molar-refractivity contribution in [1.82, 2.24) is 15.1 Å². The number of ether oxygens (including phenoxy) is 2. The molecule has 0 aliphatic rings. The molecule has 0 spiro atoms.